The Kier molecular flexibility index (Phi) is 31.4. The highest BCUT2D eigenvalue weighted by Crippen LogP contribution is 2.20. The molecule has 1 saturated heterocycles. The van der Waals surface area contributed by atoms with Gasteiger partial charge in [-0.15, -0.1) is 0 Å². The number of hydrogen-bond acceptors (Lipinski definition) is 11. The molecule has 1 aliphatic rings. The summed E-state index contributed by atoms with van der Waals surface area (Å²) in [5.41, 5.74) is 17.9. The molecule has 2 rings (SSSR count). The fraction of sp³-hybridized carbons (Fsp3) is 0.719. The molecular weight excluding hydrogens is 1010 g/mol. The second kappa shape index (κ2) is 36.0. The largest absolute Gasteiger partial charge is 0.370 e. The number of guanidine groups is 1. The monoisotopic (exact) mass is 1110 g/mol. The van der Waals surface area contributed by atoms with Gasteiger partial charge in [0.05, 0.1) is 6.54 Å². The first-order valence-electron chi connectivity index (χ1n) is 28.7. The Bertz CT molecular complexity index is 2130. The van der Waals surface area contributed by atoms with Crippen molar-refractivity contribution in [2.45, 2.75) is 196 Å². The molecule has 0 radical (unpaired) electrons. The number of nitrogens with one attached hydrogen (secondary N) is 7. The van der Waals surface area contributed by atoms with E-state index < -0.39 is 90.2 Å². The van der Waals surface area contributed by atoms with Gasteiger partial charge in [-0.3, -0.25) is 48.1 Å². The fourth-order valence-corrected chi connectivity index (χ4v) is 9.35. The van der Waals surface area contributed by atoms with E-state index >= 15 is 0 Å². The lowest BCUT2D eigenvalue weighted by atomic mass is 9.98. The van der Waals surface area contributed by atoms with Gasteiger partial charge in [0, 0.05) is 33.1 Å². The number of hydrogen-bond donors (Lipinski definition) is 10. The molecule has 0 aliphatic carbocycles. The molecular formula is C57H99N13O9. The maximum Gasteiger partial charge on any atom is 0.245 e. The topological polar surface area (TPSA) is 335 Å². The molecule has 1 aliphatic heterocycles. The van der Waals surface area contributed by atoms with Crippen LogP contribution in [0.25, 0.3) is 0 Å². The van der Waals surface area contributed by atoms with Gasteiger partial charge in [0.2, 0.25) is 53.2 Å². The SMILES string of the molecule is CC(=O)N1CCC[C@H]1C(=O)N[C@@H](CC(C)C)C(=O)N(CCCCN)CC(=O)N[C@@H](CCc1ccccc1)C(=O)N[C@@H](CCCN=C(N)N)C(=O)N[C@H](CC(C)C)C(=O)N[C@@H](CC(C)C)C(=O)N[C@@H](CC(C)C)C(=O)NCC(C)C. The van der Waals surface area contributed by atoms with Crippen molar-refractivity contribution in [2.75, 3.05) is 39.3 Å². The third kappa shape index (κ3) is 26.9. The van der Waals surface area contributed by atoms with E-state index in [-0.39, 0.29) is 99.0 Å². The molecule has 0 unspecified atom stereocenters. The molecule has 0 aromatic heterocycles. The van der Waals surface area contributed by atoms with Crippen LogP contribution in [0.15, 0.2) is 35.3 Å². The molecule has 446 valence electrons. The van der Waals surface area contributed by atoms with Crippen LogP contribution in [0.5, 0.6) is 0 Å². The van der Waals surface area contributed by atoms with Crippen molar-refractivity contribution in [1.29, 1.82) is 0 Å². The molecule has 0 saturated carbocycles. The molecule has 9 amide bonds. The van der Waals surface area contributed by atoms with E-state index in [2.05, 4.69) is 42.2 Å². The van der Waals surface area contributed by atoms with Crippen LogP contribution in [0.4, 0.5) is 0 Å². The molecule has 13 N–H and O–H groups in total. The van der Waals surface area contributed by atoms with Gasteiger partial charge in [0.15, 0.2) is 5.96 Å². The Morgan fingerprint density at radius 1 is 0.608 bits per heavy atom. The summed E-state index contributed by atoms with van der Waals surface area (Å²) >= 11 is 0. The van der Waals surface area contributed by atoms with Crippen LogP contribution in [-0.2, 0) is 49.6 Å². The smallest absolute Gasteiger partial charge is 0.245 e. The number of unbranched alkanes of at least 4 members (excludes halogenated alkanes) is 1. The number of carbonyl (C=O) groups is 9. The fourth-order valence-electron chi connectivity index (χ4n) is 9.35. The minimum absolute atomic E-state index is 0.00956. The number of aliphatic imine (C=N–C) groups is 1. The van der Waals surface area contributed by atoms with Crippen molar-refractivity contribution >= 4 is 59.1 Å². The summed E-state index contributed by atoms with van der Waals surface area (Å²) in [7, 11) is 0. The molecule has 1 aromatic rings. The van der Waals surface area contributed by atoms with Crippen molar-refractivity contribution < 1.29 is 43.2 Å². The van der Waals surface area contributed by atoms with E-state index in [4.69, 9.17) is 17.2 Å². The summed E-state index contributed by atoms with van der Waals surface area (Å²) in [6.07, 6.45) is 3.76. The number of likely N-dealkylation sites (tertiary alicyclic amines) is 1. The predicted octanol–water partition coefficient (Wildman–Crippen LogP) is 2.12. The van der Waals surface area contributed by atoms with E-state index in [1.54, 1.807) is 0 Å². The van der Waals surface area contributed by atoms with Crippen LogP contribution in [0.2, 0.25) is 0 Å². The van der Waals surface area contributed by atoms with Crippen LogP contribution in [0.1, 0.15) is 152 Å². The normalized spacial score (nSPS) is 15.6. The first kappa shape index (κ1) is 68.8. The van der Waals surface area contributed by atoms with Crippen LogP contribution in [0, 0.1) is 29.6 Å². The molecule has 0 spiro atoms. The quantitative estimate of drug-likeness (QED) is 0.0263. The number of carbonyl (C=O) groups excluding carboxylic acids is 9. The maximum absolute atomic E-state index is 14.6. The molecule has 22 nitrogen and oxygen atoms in total. The second-order valence-corrected chi connectivity index (χ2v) is 23.2. The number of nitrogens with zero attached hydrogens (tertiary/aromatic N) is 3. The van der Waals surface area contributed by atoms with Crippen LogP contribution in [0.3, 0.4) is 0 Å². The van der Waals surface area contributed by atoms with Crippen molar-refractivity contribution in [3.8, 4) is 0 Å². The Morgan fingerprint density at radius 3 is 1.59 bits per heavy atom. The van der Waals surface area contributed by atoms with Crippen LogP contribution >= 0.6 is 0 Å². The number of rotatable bonds is 36. The van der Waals surface area contributed by atoms with Gasteiger partial charge < -0.3 is 64.2 Å². The highest BCUT2D eigenvalue weighted by molar-refractivity contribution is 5.97. The molecule has 1 fully saturated rings. The van der Waals surface area contributed by atoms with Gasteiger partial charge in [0.25, 0.3) is 0 Å². The van der Waals surface area contributed by atoms with E-state index in [0.29, 0.717) is 58.2 Å². The molecule has 0 bridgehead atoms. The van der Waals surface area contributed by atoms with Gasteiger partial charge in [0.1, 0.15) is 42.3 Å². The summed E-state index contributed by atoms with van der Waals surface area (Å²) in [5.74, 6) is -4.91. The summed E-state index contributed by atoms with van der Waals surface area (Å²) in [4.78, 5) is 132. The van der Waals surface area contributed by atoms with Gasteiger partial charge in [-0.1, -0.05) is 99.6 Å². The number of amides is 9. The van der Waals surface area contributed by atoms with Crippen molar-refractivity contribution in [3.63, 3.8) is 0 Å². The zero-order chi connectivity index (χ0) is 59.4. The van der Waals surface area contributed by atoms with Crippen molar-refractivity contribution in [3.05, 3.63) is 35.9 Å². The maximum atomic E-state index is 14.6. The Hall–Kier alpha value is -6.32. The summed E-state index contributed by atoms with van der Waals surface area (Å²) in [6, 6.07) is 1.99. The minimum Gasteiger partial charge on any atom is -0.370 e. The van der Waals surface area contributed by atoms with E-state index in [1.165, 1.54) is 16.7 Å². The third-order valence-electron chi connectivity index (χ3n) is 13.3. The van der Waals surface area contributed by atoms with Gasteiger partial charge in [-0.05, 0) is 119 Å². The Balaban J connectivity index is 2.52. The summed E-state index contributed by atoms with van der Waals surface area (Å²) in [5, 5.41) is 20.0. The van der Waals surface area contributed by atoms with Crippen LogP contribution in [-0.4, -0.2) is 150 Å². The summed E-state index contributed by atoms with van der Waals surface area (Å²) < 4.78 is 0. The lowest BCUT2D eigenvalue weighted by molar-refractivity contribution is -0.142. The lowest BCUT2D eigenvalue weighted by Gasteiger charge is -2.31. The Labute approximate surface area is 470 Å². The molecule has 1 aromatic carbocycles. The van der Waals surface area contributed by atoms with Crippen LogP contribution < -0.4 is 54.4 Å². The van der Waals surface area contributed by atoms with Crippen molar-refractivity contribution in [2.24, 2.45) is 51.8 Å². The highest BCUT2D eigenvalue weighted by atomic mass is 16.2. The number of aryl methyl sites for hydroxylation is 1. The van der Waals surface area contributed by atoms with E-state index in [0.717, 1.165) is 5.56 Å². The molecule has 1 heterocycles. The molecule has 79 heavy (non-hydrogen) atoms. The molecule has 7 atom stereocenters. The average molecular weight is 1110 g/mol. The van der Waals surface area contributed by atoms with Gasteiger partial charge in [-0.25, -0.2) is 0 Å². The van der Waals surface area contributed by atoms with E-state index in [9.17, 15) is 43.2 Å². The first-order valence-corrected chi connectivity index (χ1v) is 28.7. The zero-order valence-electron chi connectivity index (χ0n) is 49.3. The molecule has 22 heteroatoms. The highest BCUT2D eigenvalue weighted by Gasteiger charge is 2.37. The average Bonchev–Trinajstić information content (AvgIpc) is 3.87. The first-order chi connectivity index (χ1) is 37.2. The standard InChI is InChI=1S/C57H99N13O9/c1-35(2)29-44(50(73)62-33-39(9)10)65-53(76)46(31-37(5)6)67-54(77)45(30-36(3)4)66-51(74)42(21-17-26-61-57(59)60)64-52(75)43(24-23-41-19-13-12-14-20-41)63-49(72)34-69(27-16-15-25-58)56(79)47(32-38(7)8)68-55(78)48-22-18-28-70(48)40(11)71/h12-14,19-20,35-39,42-48H,15-18,21-34,58H2,1-11H3,(H,62,73)(H,63,72)(H,64,75)(H,65,76)(H,66,74)(H,67,77)(H,68,78)(H4,59,60,61)/t42-,43-,44-,45+,46-,47-,48-/m0/s1. The second-order valence-electron chi connectivity index (χ2n) is 23.2. The predicted molar refractivity (Wildman–Crippen MR) is 307 cm³/mol. The zero-order valence-corrected chi connectivity index (χ0v) is 49.3. The third-order valence-corrected chi connectivity index (χ3v) is 13.3. The van der Waals surface area contributed by atoms with Crippen molar-refractivity contribution in [1.82, 2.24) is 47.0 Å². The minimum atomic E-state index is -1.27. The number of benzene rings is 1. The Morgan fingerprint density at radius 2 is 1.10 bits per heavy atom. The van der Waals surface area contributed by atoms with Gasteiger partial charge in [-0.2, -0.15) is 0 Å². The lowest BCUT2D eigenvalue weighted by Crippen LogP contribution is -2.60. The number of nitrogens with two attached hydrogens (primary N) is 3. The summed E-state index contributed by atoms with van der Waals surface area (Å²) in [6.45, 7) is 21.6. The van der Waals surface area contributed by atoms with Gasteiger partial charge >= 0.3 is 0 Å². The van der Waals surface area contributed by atoms with E-state index in [1.807, 2.05) is 99.6 Å².